The molecule has 0 aromatic rings. The summed E-state index contributed by atoms with van der Waals surface area (Å²) in [6.07, 6.45) is 2.83. The first-order valence-corrected chi connectivity index (χ1v) is 9.49. The van der Waals surface area contributed by atoms with Gasteiger partial charge in [-0.15, -0.1) is 0 Å². The molecule has 0 aromatic carbocycles. The molecule has 7 heteroatoms. The van der Waals surface area contributed by atoms with Gasteiger partial charge in [0.05, 0.1) is 12.1 Å². The van der Waals surface area contributed by atoms with Crippen molar-refractivity contribution in [1.29, 1.82) is 0 Å². The van der Waals surface area contributed by atoms with Crippen molar-refractivity contribution in [1.82, 2.24) is 10.6 Å². The fraction of sp³-hybridized carbons (Fsp3) is 0.842. The highest BCUT2D eigenvalue weighted by Crippen LogP contribution is 2.20. The normalized spacial score (nSPS) is 15.2. The predicted octanol–water partition coefficient (Wildman–Crippen LogP) is 1.93. The van der Waals surface area contributed by atoms with Gasteiger partial charge in [0, 0.05) is 12.0 Å². The maximum Gasteiger partial charge on any atom is 0.312 e. The van der Waals surface area contributed by atoms with Crippen molar-refractivity contribution in [3.05, 3.63) is 0 Å². The highest BCUT2D eigenvalue weighted by Gasteiger charge is 2.32. The summed E-state index contributed by atoms with van der Waals surface area (Å²) in [7, 11) is 0. The molecule has 0 aliphatic carbocycles. The minimum absolute atomic E-state index is 0.0410. The Bertz CT molecular complexity index is 472. The van der Waals surface area contributed by atoms with E-state index in [0.29, 0.717) is 25.3 Å². The lowest BCUT2D eigenvalue weighted by molar-refractivity contribution is -0.133. The van der Waals surface area contributed by atoms with E-state index in [1.54, 1.807) is 0 Å². The molecule has 3 amide bonds. The summed E-state index contributed by atoms with van der Waals surface area (Å²) in [4.78, 5) is 35.9. The summed E-state index contributed by atoms with van der Waals surface area (Å²) in [5, 5.41) is 5.31. The van der Waals surface area contributed by atoms with Crippen LogP contribution >= 0.6 is 0 Å². The summed E-state index contributed by atoms with van der Waals surface area (Å²) in [6, 6.07) is -1.87. The van der Waals surface area contributed by atoms with Gasteiger partial charge in [-0.1, -0.05) is 48.0 Å². The molecule has 0 spiro atoms. The van der Waals surface area contributed by atoms with Crippen LogP contribution in [-0.2, 0) is 9.59 Å². The monoisotopic (exact) mass is 370 g/mol. The second-order valence-electron chi connectivity index (χ2n) is 8.58. The Morgan fingerprint density at radius 2 is 1.58 bits per heavy atom. The molecule has 152 valence electrons. The van der Waals surface area contributed by atoms with Crippen LogP contribution in [0.25, 0.3) is 0 Å². The molecule has 0 saturated carbocycles. The maximum atomic E-state index is 12.7. The summed E-state index contributed by atoms with van der Waals surface area (Å²) >= 11 is 0. The first kappa shape index (κ1) is 24.4. The zero-order valence-corrected chi connectivity index (χ0v) is 17.2. The van der Waals surface area contributed by atoms with Crippen LogP contribution in [0.4, 0.5) is 4.79 Å². The van der Waals surface area contributed by atoms with Gasteiger partial charge in [-0.3, -0.25) is 9.59 Å². The number of Topliss-reactive ketones (excluding diaryl/α,β-unsaturated/α-hetero) is 1. The Morgan fingerprint density at radius 1 is 1.00 bits per heavy atom. The van der Waals surface area contributed by atoms with E-state index < -0.39 is 23.5 Å². The summed E-state index contributed by atoms with van der Waals surface area (Å²) < 4.78 is 0. The lowest BCUT2D eigenvalue weighted by atomic mass is 9.84. The van der Waals surface area contributed by atoms with Gasteiger partial charge in [0.1, 0.15) is 0 Å². The van der Waals surface area contributed by atoms with Gasteiger partial charge < -0.3 is 22.1 Å². The lowest BCUT2D eigenvalue weighted by Crippen LogP contribution is -2.52. The third kappa shape index (κ3) is 9.75. The smallest absolute Gasteiger partial charge is 0.312 e. The molecular weight excluding hydrogens is 332 g/mol. The molecule has 26 heavy (non-hydrogen) atoms. The van der Waals surface area contributed by atoms with Gasteiger partial charge in [-0.25, -0.2) is 4.79 Å². The number of nitrogens with one attached hydrogen (secondary N) is 2. The van der Waals surface area contributed by atoms with E-state index >= 15 is 0 Å². The Morgan fingerprint density at radius 3 is 2.04 bits per heavy atom. The average molecular weight is 371 g/mol. The Labute approximate surface area is 158 Å². The molecule has 6 N–H and O–H groups in total. The van der Waals surface area contributed by atoms with E-state index in [1.807, 2.05) is 27.7 Å². The zero-order valence-electron chi connectivity index (χ0n) is 17.2. The van der Waals surface area contributed by atoms with Crippen molar-refractivity contribution in [3.63, 3.8) is 0 Å². The second kappa shape index (κ2) is 11.2. The van der Waals surface area contributed by atoms with Gasteiger partial charge in [0.15, 0.2) is 5.78 Å². The second-order valence-corrected chi connectivity index (χ2v) is 8.58. The molecule has 7 nitrogen and oxygen atoms in total. The molecule has 0 bridgehead atoms. The number of urea groups is 1. The largest absolute Gasteiger partial charge is 0.352 e. The fourth-order valence-electron chi connectivity index (χ4n) is 2.61. The minimum atomic E-state index is -0.646. The van der Waals surface area contributed by atoms with Crippen molar-refractivity contribution >= 4 is 17.7 Å². The lowest BCUT2D eigenvalue weighted by Gasteiger charge is -2.28. The van der Waals surface area contributed by atoms with Crippen LogP contribution in [0.1, 0.15) is 67.2 Å². The molecule has 0 aromatic heterocycles. The molecule has 0 fully saturated rings. The number of carbonyl (C=O) groups is 3. The summed E-state index contributed by atoms with van der Waals surface area (Å²) in [6.45, 7) is 12.1. The Kier molecular flexibility index (Phi) is 10.5. The van der Waals surface area contributed by atoms with E-state index in [0.717, 1.165) is 12.8 Å². The van der Waals surface area contributed by atoms with Crippen molar-refractivity contribution in [2.24, 2.45) is 28.7 Å². The van der Waals surface area contributed by atoms with E-state index in [-0.39, 0.29) is 17.6 Å². The van der Waals surface area contributed by atoms with Crippen molar-refractivity contribution in [2.45, 2.75) is 79.3 Å². The SMILES string of the molecule is CC(C)CCC(C)C(N)C(=O)NC(CCCNC(N)=O)C(=O)C(C)(C)C. The van der Waals surface area contributed by atoms with Gasteiger partial charge in [0.25, 0.3) is 0 Å². The number of hydrogen-bond acceptors (Lipinski definition) is 4. The highest BCUT2D eigenvalue weighted by molar-refractivity contribution is 5.93. The molecule has 3 atom stereocenters. The Balaban J connectivity index is 4.84. The van der Waals surface area contributed by atoms with Crippen LogP contribution in [0.5, 0.6) is 0 Å². The zero-order chi connectivity index (χ0) is 20.5. The number of rotatable bonds is 11. The van der Waals surface area contributed by atoms with Crippen LogP contribution in [0.2, 0.25) is 0 Å². The van der Waals surface area contributed by atoms with Gasteiger partial charge >= 0.3 is 6.03 Å². The molecule has 3 unspecified atom stereocenters. The highest BCUT2D eigenvalue weighted by atomic mass is 16.2. The molecule has 0 saturated heterocycles. The number of amides is 3. The molecule has 0 aliphatic rings. The van der Waals surface area contributed by atoms with Crippen LogP contribution < -0.4 is 22.1 Å². The van der Waals surface area contributed by atoms with Crippen LogP contribution in [0.3, 0.4) is 0 Å². The predicted molar refractivity (Wildman–Crippen MR) is 104 cm³/mol. The first-order chi connectivity index (χ1) is 11.9. The van der Waals surface area contributed by atoms with Gasteiger partial charge in [-0.2, -0.15) is 0 Å². The van der Waals surface area contributed by atoms with Crippen molar-refractivity contribution in [2.75, 3.05) is 6.54 Å². The van der Waals surface area contributed by atoms with Gasteiger partial charge in [0.2, 0.25) is 5.91 Å². The number of hydrogen-bond donors (Lipinski definition) is 4. The third-order valence-electron chi connectivity index (χ3n) is 4.46. The Hall–Kier alpha value is -1.63. The molecule has 0 radical (unpaired) electrons. The van der Waals surface area contributed by atoms with Gasteiger partial charge in [-0.05, 0) is 31.1 Å². The van der Waals surface area contributed by atoms with Crippen molar-refractivity contribution in [3.8, 4) is 0 Å². The number of ketones is 1. The quantitative estimate of drug-likeness (QED) is 0.414. The summed E-state index contributed by atoms with van der Waals surface area (Å²) in [5.41, 5.74) is 10.6. The number of carbonyl (C=O) groups excluding carboxylic acids is 3. The average Bonchev–Trinajstić information content (AvgIpc) is 2.52. The van der Waals surface area contributed by atoms with Crippen LogP contribution in [0.15, 0.2) is 0 Å². The third-order valence-corrected chi connectivity index (χ3v) is 4.46. The molecular formula is C19H38N4O3. The van der Waals surface area contributed by atoms with E-state index in [1.165, 1.54) is 0 Å². The molecule has 0 heterocycles. The van der Waals surface area contributed by atoms with Crippen LogP contribution in [0, 0.1) is 17.3 Å². The summed E-state index contributed by atoms with van der Waals surface area (Å²) in [5.74, 6) is 0.249. The minimum Gasteiger partial charge on any atom is -0.352 e. The molecule has 0 aliphatic heterocycles. The topological polar surface area (TPSA) is 127 Å². The van der Waals surface area contributed by atoms with E-state index in [2.05, 4.69) is 24.5 Å². The fourth-order valence-corrected chi connectivity index (χ4v) is 2.61. The van der Waals surface area contributed by atoms with Crippen molar-refractivity contribution < 1.29 is 14.4 Å². The van der Waals surface area contributed by atoms with Crippen LogP contribution in [-0.4, -0.2) is 36.3 Å². The van der Waals surface area contributed by atoms with E-state index in [4.69, 9.17) is 11.5 Å². The first-order valence-electron chi connectivity index (χ1n) is 9.49. The van der Waals surface area contributed by atoms with E-state index in [9.17, 15) is 14.4 Å². The molecule has 0 rings (SSSR count). The number of nitrogens with two attached hydrogens (primary N) is 2. The standard InChI is InChI=1S/C19H38N4O3/c1-12(2)9-10-13(3)15(20)17(25)23-14(16(24)19(4,5)6)8-7-11-22-18(21)26/h12-15H,7-11,20H2,1-6H3,(H,23,25)(H3,21,22,26). The maximum absolute atomic E-state index is 12.7. The number of primary amides is 1.